The molecule has 0 spiro atoms. The van der Waals surface area contributed by atoms with Crippen molar-refractivity contribution in [2.75, 3.05) is 5.32 Å². The lowest BCUT2D eigenvalue weighted by atomic mass is 10.2. The van der Waals surface area contributed by atoms with Gasteiger partial charge in [-0.1, -0.05) is 17.4 Å². The maximum atomic E-state index is 12.0. The zero-order valence-electron chi connectivity index (χ0n) is 9.90. The van der Waals surface area contributed by atoms with Crippen molar-refractivity contribution in [2.45, 2.75) is 6.92 Å². The lowest BCUT2D eigenvalue weighted by molar-refractivity contribution is 0.102. The number of anilines is 1. The topological polar surface area (TPSA) is 70.7 Å². The molecule has 2 heterocycles. The van der Waals surface area contributed by atoms with Crippen LogP contribution in [0.2, 0.25) is 0 Å². The van der Waals surface area contributed by atoms with Crippen LogP contribution in [0, 0.1) is 6.92 Å². The predicted octanol–water partition coefficient (Wildman–Crippen LogP) is 3.34. The molecule has 96 valence electrons. The summed E-state index contributed by atoms with van der Waals surface area (Å²) in [6.45, 7) is 2.03. The van der Waals surface area contributed by atoms with E-state index in [2.05, 4.69) is 42.5 Å². The van der Waals surface area contributed by atoms with Gasteiger partial charge < -0.3 is 0 Å². The van der Waals surface area contributed by atoms with Crippen LogP contribution in [0.15, 0.2) is 28.9 Å². The van der Waals surface area contributed by atoms with Crippen molar-refractivity contribution in [3.8, 4) is 0 Å². The van der Waals surface area contributed by atoms with E-state index in [-0.39, 0.29) is 5.91 Å². The Morgan fingerprint density at radius 1 is 1.47 bits per heavy atom. The summed E-state index contributed by atoms with van der Waals surface area (Å²) in [6.07, 6.45) is 1.54. The number of aromatic nitrogens is 3. The van der Waals surface area contributed by atoms with Crippen LogP contribution in [-0.4, -0.2) is 21.1 Å². The number of halogens is 1. The zero-order chi connectivity index (χ0) is 13.4. The van der Waals surface area contributed by atoms with Gasteiger partial charge in [0, 0.05) is 0 Å². The molecule has 1 amide bonds. The Labute approximate surface area is 121 Å². The van der Waals surface area contributed by atoms with Crippen molar-refractivity contribution in [1.82, 2.24) is 15.2 Å². The number of thiazole rings is 1. The maximum absolute atomic E-state index is 12.0. The Bertz CT molecular complexity index is 764. The fourth-order valence-electron chi connectivity index (χ4n) is 1.68. The third kappa shape index (κ3) is 2.39. The molecule has 7 heteroatoms. The van der Waals surface area contributed by atoms with E-state index in [0.29, 0.717) is 15.3 Å². The molecule has 0 radical (unpaired) electrons. The molecule has 3 rings (SSSR count). The summed E-state index contributed by atoms with van der Waals surface area (Å²) in [5, 5.41) is 9.76. The number of amides is 1. The number of aromatic amines is 1. The van der Waals surface area contributed by atoms with E-state index in [1.165, 1.54) is 23.1 Å². The molecule has 0 aliphatic rings. The highest BCUT2D eigenvalue weighted by atomic mass is 79.9. The van der Waals surface area contributed by atoms with Crippen LogP contribution in [0.25, 0.3) is 10.2 Å². The molecule has 0 fully saturated rings. The molecule has 0 bridgehead atoms. The second-order valence-corrected chi connectivity index (χ2v) is 5.92. The van der Waals surface area contributed by atoms with Gasteiger partial charge in [-0.25, -0.2) is 4.98 Å². The average Bonchev–Trinajstić information content (AvgIpc) is 2.94. The molecule has 2 N–H and O–H groups in total. The number of carbonyl (C=O) groups is 1. The first-order valence-corrected chi connectivity index (χ1v) is 7.12. The van der Waals surface area contributed by atoms with Gasteiger partial charge >= 0.3 is 0 Å². The Hall–Kier alpha value is -1.73. The summed E-state index contributed by atoms with van der Waals surface area (Å²) in [4.78, 5) is 16.4. The number of nitrogens with one attached hydrogen (secondary N) is 2. The van der Waals surface area contributed by atoms with Crippen molar-refractivity contribution in [3.63, 3.8) is 0 Å². The number of hydrogen-bond acceptors (Lipinski definition) is 4. The smallest absolute Gasteiger partial charge is 0.276 e. The first-order chi connectivity index (χ1) is 9.13. The van der Waals surface area contributed by atoms with Gasteiger partial charge in [0.1, 0.15) is 5.69 Å². The highest BCUT2D eigenvalue weighted by Gasteiger charge is 2.14. The molecule has 0 aliphatic carbocycles. The van der Waals surface area contributed by atoms with Gasteiger partial charge in [-0.05, 0) is 40.5 Å². The minimum Gasteiger partial charge on any atom is -0.296 e. The van der Waals surface area contributed by atoms with Crippen LogP contribution in [-0.2, 0) is 0 Å². The Kier molecular flexibility index (Phi) is 3.08. The third-order valence-corrected chi connectivity index (χ3v) is 4.12. The largest absolute Gasteiger partial charge is 0.296 e. The number of benzene rings is 1. The van der Waals surface area contributed by atoms with Gasteiger partial charge in [0.25, 0.3) is 5.91 Å². The number of nitrogens with zero attached hydrogens (tertiary/aromatic N) is 2. The number of aryl methyl sites for hydroxylation is 1. The van der Waals surface area contributed by atoms with Crippen molar-refractivity contribution in [2.24, 2.45) is 0 Å². The summed E-state index contributed by atoms with van der Waals surface area (Å²) in [5.41, 5.74) is 2.44. The van der Waals surface area contributed by atoms with Gasteiger partial charge in [-0.3, -0.25) is 15.2 Å². The molecule has 0 saturated heterocycles. The van der Waals surface area contributed by atoms with E-state index in [0.717, 1.165) is 10.2 Å². The van der Waals surface area contributed by atoms with Gasteiger partial charge in [0.15, 0.2) is 5.13 Å². The van der Waals surface area contributed by atoms with Gasteiger partial charge in [-0.15, -0.1) is 0 Å². The average molecular weight is 337 g/mol. The molecule has 5 nitrogen and oxygen atoms in total. The van der Waals surface area contributed by atoms with E-state index < -0.39 is 0 Å². The number of rotatable bonds is 2. The lowest BCUT2D eigenvalue weighted by Crippen LogP contribution is -2.12. The Morgan fingerprint density at radius 2 is 2.32 bits per heavy atom. The highest BCUT2D eigenvalue weighted by Crippen LogP contribution is 2.27. The molecule has 0 aliphatic heterocycles. The van der Waals surface area contributed by atoms with E-state index >= 15 is 0 Å². The Balaban J connectivity index is 1.89. The molecule has 0 saturated carbocycles. The standard InChI is InChI=1S/C12H9BrN4OS/c1-6-2-3-8-9(4-6)19-12(15-8)16-11(18)10-7(13)5-14-17-10/h2-5H,1H3,(H,14,17)(H,15,16,18). The minimum atomic E-state index is -0.264. The summed E-state index contributed by atoms with van der Waals surface area (Å²) < 4.78 is 1.68. The Morgan fingerprint density at radius 3 is 3.05 bits per heavy atom. The second kappa shape index (κ2) is 4.75. The first kappa shape index (κ1) is 12.3. The summed E-state index contributed by atoms with van der Waals surface area (Å²) >= 11 is 4.70. The molecular weight excluding hydrogens is 328 g/mol. The third-order valence-electron chi connectivity index (χ3n) is 2.58. The van der Waals surface area contributed by atoms with Gasteiger partial charge in [0.05, 0.1) is 20.9 Å². The van der Waals surface area contributed by atoms with Crippen molar-refractivity contribution >= 4 is 48.5 Å². The number of carbonyl (C=O) groups excluding carboxylic acids is 1. The first-order valence-electron chi connectivity index (χ1n) is 5.51. The van der Waals surface area contributed by atoms with Crippen LogP contribution in [0.5, 0.6) is 0 Å². The molecular formula is C12H9BrN4OS. The molecule has 1 aromatic carbocycles. The molecule has 0 atom stereocenters. The fraction of sp³-hybridized carbons (Fsp3) is 0.0833. The van der Waals surface area contributed by atoms with E-state index in [9.17, 15) is 4.79 Å². The molecule has 3 aromatic rings. The fourth-order valence-corrected chi connectivity index (χ4v) is 3.01. The van der Waals surface area contributed by atoms with E-state index in [1.807, 2.05) is 19.1 Å². The van der Waals surface area contributed by atoms with Gasteiger partial charge in [0.2, 0.25) is 0 Å². The van der Waals surface area contributed by atoms with Crippen molar-refractivity contribution in [3.05, 3.63) is 40.1 Å². The van der Waals surface area contributed by atoms with Crippen molar-refractivity contribution in [1.29, 1.82) is 0 Å². The van der Waals surface area contributed by atoms with Crippen LogP contribution >= 0.6 is 27.3 Å². The second-order valence-electron chi connectivity index (χ2n) is 4.04. The highest BCUT2D eigenvalue weighted by molar-refractivity contribution is 9.10. The van der Waals surface area contributed by atoms with Gasteiger partial charge in [-0.2, -0.15) is 5.10 Å². The monoisotopic (exact) mass is 336 g/mol. The van der Waals surface area contributed by atoms with Crippen LogP contribution in [0.3, 0.4) is 0 Å². The van der Waals surface area contributed by atoms with E-state index in [4.69, 9.17) is 0 Å². The molecule has 0 unspecified atom stereocenters. The number of H-pyrrole nitrogens is 1. The number of fused-ring (bicyclic) bond motifs is 1. The van der Waals surface area contributed by atoms with Crippen LogP contribution in [0.1, 0.15) is 16.1 Å². The molecule has 2 aromatic heterocycles. The van der Waals surface area contributed by atoms with Crippen molar-refractivity contribution < 1.29 is 4.79 Å². The zero-order valence-corrected chi connectivity index (χ0v) is 12.3. The van der Waals surface area contributed by atoms with Crippen LogP contribution < -0.4 is 5.32 Å². The molecule has 19 heavy (non-hydrogen) atoms. The normalized spacial score (nSPS) is 10.8. The lowest BCUT2D eigenvalue weighted by Gasteiger charge is -1.98. The number of hydrogen-bond donors (Lipinski definition) is 2. The van der Waals surface area contributed by atoms with Crippen LogP contribution in [0.4, 0.5) is 5.13 Å². The maximum Gasteiger partial charge on any atom is 0.276 e. The predicted molar refractivity (Wildman–Crippen MR) is 78.6 cm³/mol. The minimum absolute atomic E-state index is 0.264. The SMILES string of the molecule is Cc1ccc2nc(NC(=O)c3[nH]ncc3Br)sc2c1. The summed E-state index contributed by atoms with van der Waals surface area (Å²) in [7, 11) is 0. The van der Waals surface area contributed by atoms with E-state index in [1.54, 1.807) is 0 Å². The summed E-state index contributed by atoms with van der Waals surface area (Å²) in [5.74, 6) is -0.264. The quantitative estimate of drug-likeness (QED) is 0.753. The summed E-state index contributed by atoms with van der Waals surface area (Å²) in [6, 6.07) is 6.00.